The molecule has 32 heavy (non-hydrogen) atoms. The van der Waals surface area contributed by atoms with E-state index in [9.17, 15) is 5.11 Å². The number of aromatic nitrogens is 4. The van der Waals surface area contributed by atoms with E-state index in [1.54, 1.807) is 17.5 Å². The van der Waals surface area contributed by atoms with Crippen LogP contribution in [0.3, 0.4) is 0 Å². The summed E-state index contributed by atoms with van der Waals surface area (Å²) in [5, 5.41) is 14.5. The molecule has 2 fully saturated rings. The van der Waals surface area contributed by atoms with E-state index < -0.39 is 6.10 Å². The van der Waals surface area contributed by atoms with Crippen LogP contribution in [0, 0.1) is 5.92 Å². The monoisotopic (exact) mass is 445 g/mol. The second-order valence-electron chi connectivity index (χ2n) is 9.06. The van der Waals surface area contributed by atoms with Gasteiger partial charge in [-0.05, 0) is 31.2 Å². The zero-order valence-electron chi connectivity index (χ0n) is 18.2. The summed E-state index contributed by atoms with van der Waals surface area (Å²) in [6, 6.07) is 10.5. The third-order valence-electron chi connectivity index (χ3n) is 6.79. The fourth-order valence-corrected chi connectivity index (χ4v) is 5.80. The zero-order chi connectivity index (χ0) is 21.7. The van der Waals surface area contributed by atoms with Crippen molar-refractivity contribution in [3.63, 3.8) is 0 Å². The summed E-state index contributed by atoms with van der Waals surface area (Å²) in [7, 11) is 1.94. The molecule has 1 saturated heterocycles. The Morgan fingerprint density at radius 2 is 1.97 bits per heavy atom. The Kier molecular flexibility index (Phi) is 4.96. The van der Waals surface area contributed by atoms with Crippen LogP contribution in [0.1, 0.15) is 49.4 Å². The number of aliphatic hydroxyl groups is 1. The highest BCUT2D eigenvalue weighted by atomic mass is 32.1. The molecular weight excluding hydrogens is 418 g/mol. The molecule has 2 aliphatic rings. The van der Waals surface area contributed by atoms with Gasteiger partial charge in [-0.2, -0.15) is 0 Å². The maximum atomic E-state index is 11.1. The standard InChI is InChI=1S/C25H27N5OS/c1-29-13-11-26-24(29)21(31)18-8-5-12-30(14-18)23-20-19(16-6-3-2-4-7-16)15-32-25(20)28-22(27-23)17-9-10-17/h2-4,6-7,11,13,15,17-18,21,31H,5,8-10,12,14H2,1H3. The Hall–Kier alpha value is -2.77. The van der Waals surface area contributed by atoms with E-state index in [0.29, 0.717) is 5.92 Å². The Labute approximate surface area is 191 Å². The van der Waals surface area contributed by atoms with E-state index >= 15 is 0 Å². The van der Waals surface area contributed by atoms with Crippen molar-refractivity contribution in [1.29, 1.82) is 0 Å². The third kappa shape index (κ3) is 3.49. The molecule has 1 aliphatic carbocycles. The summed E-state index contributed by atoms with van der Waals surface area (Å²) >= 11 is 1.71. The molecule has 3 aromatic heterocycles. The van der Waals surface area contributed by atoms with Gasteiger partial charge in [0.05, 0.1) is 5.39 Å². The molecule has 4 heterocycles. The Morgan fingerprint density at radius 3 is 2.72 bits per heavy atom. The number of fused-ring (bicyclic) bond motifs is 1. The van der Waals surface area contributed by atoms with Crippen molar-refractivity contribution >= 4 is 27.4 Å². The molecule has 2 unspecified atom stereocenters. The number of imidazole rings is 1. The third-order valence-corrected chi connectivity index (χ3v) is 7.66. The van der Waals surface area contributed by atoms with Crippen LogP contribution in [-0.4, -0.2) is 37.7 Å². The molecule has 0 amide bonds. The molecule has 1 saturated carbocycles. The molecule has 6 rings (SSSR count). The lowest BCUT2D eigenvalue weighted by atomic mass is 9.91. The lowest BCUT2D eigenvalue weighted by molar-refractivity contribution is 0.0874. The number of rotatable bonds is 5. The molecule has 1 aliphatic heterocycles. The summed E-state index contributed by atoms with van der Waals surface area (Å²) in [5.74, 6) is 3.38. The number of hydrogen-bond acceptors (Lipinski definition) is 6. The average molecular weight is 446 g/mol. The van der Waals surface area contributed by atoms with E-state index in [2.05, 4.69) is 45.6 Å². The molecular formula is C25H27N5OS. The summed E-state index contributed by atoms with van der Waals surface area (Å²) in [6.07, 6.45) is 7.46. The van der Waals surface area contributed by atoms with Crippen molar-refractivity contribution < 1.29 is 5.11 Å². The van der Waals surface area contributed by atoms with E-state index in [1.807, 2.05) is 17.8 Å². The van der Waals surface area contributed by atoms with Crippen LogP contribution in [0.2, 0.25) is 0 Å². The number of aliphatic hydroxyl groups excluding tert-OH is 1. The van der Waals surface area contributed by atoms with Crippen LogP contribution in [0.25, 0.3) is 21.3 Å². The van der Waals surface area contributed by atoms with E-state index in [0.717, 1.165) is 53.6 Å². The summed E-state index contributed by atoms with van der Waals surface area (Å²) in [5.41, 5.74) is 2.40. The quantitative estimate of drug-likeness (QED) is 0.472. The van der Waals surface area contributed by atoms with Crippen molar-refractivity contribution in [1.82, 2.24) is 19.5 Å². The van der Waals surface area contributed by atoms with Gasteiger partial charge in [0.15, 0.2) is 0 Å². The highest BCUT2D eigenvalue weighted by Crippen LogP contribution is 2.44. The summed E-state index contributed by atoms with van der Waals surface area (Å²) in [6.45, 7) is 1.72. The minimum atomic E-state index is -0.575. The maximum absolute atomic E-state index is 11.1. The van der Waals surface area contributed by atoms with E-state index in [-0.39, 0.29) is 5.92 Å². The van der Waals surface area contributed by atoms with Gasteiger partial charge in [-0.3, -0.25) is 0 Å². The van der Waals surface area contributed by atoms with Crippen molar-refractivity contribution in [2.45, 2.75) is 37.7 Å². The van der Waals surface area contributed by atoms with Crippen LogP contribution in [0.15, 0.2) is 48.1 Å². The minimum Gasteiger partial charge on any atom is -0.385 e. The number of benzene rings is 1. The average Bonchev–Trinajstić information content (AvgIpc) is 3.46. The normalized spacial score (nSPS) is 20.1. The number of piperidine rings is 1. The first-order chi connectivity index (χ1) is 15.7. The van der Waals surface area contributed by atoms with Gasteiger partial charge < -0.3 is 14.6 Å². The molecule has 0 bridgehead atoms. The van der Waals surface area contributed by atoms with E-state index in [4.69, 9.17) is 9.97 Å². The SMILES string of the molecule is Cn1ccnc1C(O)C1CCCN(c2nc(C3CC3)nc3scc(-c4ccccc4)c23)C1. The molecule has 1 aromatic carbocycles. The van der Waals surface area contributed by atoms with Crippen LogP contribution in [0.4, 0.5) is 5.82 Å². The minimum absolute atomic E-state index is 0.123. The first-order valence-corrected chi connectivity index (χ1v) is 12.3. The zero-order valence-corrected chi connectivity index (χ0v) is 19.0. The van der Waals surface area contributed by atoms with Crippen molar-refractivity contribution in [3.8, 4) is 11.1 Å². The van der Waals surface area contributed by atoms with Crippen molar-refractivity contribution in [3.05, 3.63) is 59.8 Å². The predicted octanol–water partition coefficient (Wildman–Crippen LogP) is 4.92. The van der Waals surface area contributed by atoms with Crippen LogP contribution in [-0.2, 0) is 7.05 Å². The highest BCUT2D eigenvalue weighted by Gasteiger charge is 2.33. The van der Waals surface area contributed by atoms with Gasteiger partial charge in [0.25, 0.3) is 0 Å². The van der Waals surface area contributed by atoms with Gasteiger partial charge in [-0.15, -0.1) is 11.3 Å². The first kappa shape index (κ1) is 19.9. The topological polar surface area (TPSA) is 67.1 Å². The molecule has 7 heteroatoms. The number of thiophene rings is 1. The van der Waals surface area contributed by atoms with Gasteiger partial charge in [0.2, 0.25) is 0 Å². The molecule has 4 aromatic rings. The fraction of sp³-hybridized carbons (Fsp3) is 0.400. The molecule has 2 atom stereocenters. The van der Waals surface area contributed by atoms with Gasteiger partial charge in [0, 0.05) is 55.3 Å². The smallest absolute Gasteiger partial charge is 0.141 e. The largest absolute Gasteiger partial charge is 0.385 e. The molecule has 0 radical (unpaired) electrons. The maximum Gasteiger partial charge on any atom is 0.141 e. The lowest BCUT2D eigenvalue weighted by Crippen LogP contribution is -2.39. The Morgan fingerprint density at radius 1 is 1.12 bits per heavy atom. The number of aryl methyl sites for hydroxylation is 1. The summed E-state index contributed by atoms with van der Waals surface area (Å²) in [4.78, 5) is 18.0. The van der Waals surface area contributed by atoms with Gasteiger partial charge >= 0.3 is 0 Å². The summed E-state index contributed by atoms with van der Waals surface area (Å²) < 4.78 is 1.92. The molecule has 0 spiro atoms. The van der Waals surface area contributed by atoms with Crippen LogP contribution < -0.4 is 4.90 Å². The van der Waals surface area contributed by atoms with Crippen LogP contribution in [0.5, 0.6) is 0 Å². The van der Waals surface area contributed by atoms with Crippen LogP contribution >= 0.6 is 11.3 Å². The molecule has 6 nitrogen and oxygen atoms in total. The fourth-order valence-electron chi connectivity index (χ4n) is 4.86. The number of nitrogens with zero attached hydrogens (tertiary/aromatic N) is 5. The molecule has 164 valence electrons. The molecule has 1 N–H and O–H groups in total. The lowest BCUT2D eigenvalue weighted by Gasteiger charge is -2.36. The van der Waals surface area contributed by atoms with Gasteiger partial charge in [-0.25, -0.2) is 15.0 Å². The second-order valence-corrected chi connectivity index (χ2v) is 9.92. The second kappa shape index (κ2) is 7.98. The first-order valence-electron chi connectivity index (χ1n) is 11.4. The Balaban J connectivity index is 1.41. The van der Waals surface area contributed by atoms with Crippen molar-refractivity contribution in [2.24, 2.45) is 13.0 Å². The predicted molar refractivity (Wildman–Crippen MR) is 128 cm³/mol. The number of anilines is 1. The Bertz CT molecular complexity index is 1250. The van der Waals surface area contributed by atoms with Gasteiger partial charge in [0.1, 0.15) is 28.4 Å². The highest BCUT2D eigenvalue weighted by molar-refractivity contribution is 7.17. The van der Waals surface area contributed by atoms with Gasteiger partial charge in [-0.1, -0.05) is 30.3 Å². The number of hydrogen-bond donors (Lipinski definition) is 1. The van der Waals surface area contributed by atoms with Crippen molar-refractivity contribution in [2.75, 3.05) is 18.0 Å². The van der Waals surface area contributed by atoms with E-state index in [1.165, 1.54) is 24.0 Å².